The summed E-state index contributed by atoms with van der Waals surface area (Å²) in [6.45, 7) is 0. The van der Waals surface area contributed by atoms with Crippen LogP contribution in [-0.2, 0) is 22.1 Å². The van der Waals surface area contributed by atoms with E-state index < -0.39 is 54.3 Å². The Balaban J connectivity index is 3.56. The molecule has 0 amide bonds. The van der Waals surface area contributed by atoms with E-state index in [4.69, 9.17) is 0 Å². The summed E-state index contributed by atoms with van der Waals surface area (Å²) in [7, 11) is 0. The summed E-state index contributed by atoms with van der Waals surface area (Å²) in [5, 5.41) is 0. The van der Waals surface area contributed by atoms with Gasteiger partial charge in [-0.3, -0.25) is 0 Å². The van der Waals surface area contributed by atoms with E-state index in [0.717, 1.165) is 0 Å². The molecule has 13 heavy (non-hydrogen) atoms. The van der Waals surface area contributed by atoms with Crippen LogP contribution < -0.4 is 3.07 Å². The summed E-state index contributed by atoms with van der Waals surface area (Å²) < 4.78 is 62.1. The number of halogens is 6. The van der Waals surface area contributed by atoms with Crippen molar-refractivity contribution in [1.29, 1.82) is 0 Å². The molecule has 0 atom stereocenters. The Morgan fingerprint density at radius 1 is 0.692 bits per heavy atom. The van der Waals surface area contributed by atoms with Gasteiger partial charge in [0.25, 0.3) is 0 Å². The fourth-order valence-corrected chi connectivity index (χ4v) is 7.21. The summed E-state index contributed by atoms with van der Waals surface area (Å²) in [5.74, 6) is -9.24. The fourth-order valence-electron chi connectivity index (χ4n) is 0.768. The number of hydrogen-bond acceptors (Lipinski definition) is 0. The Labute approximate surface area is 87.8 Å². The van der Waals surface area contributed by atoms with E-state index in [1.165, 1.54) is 0 Å². The van der Waals surface area contributed by atoms with Gasteiger partial charge in [-0.2, -0.15) is 0 Å². The molecule has 0 aliphatic carbocycles. The summed E-state index contributed by atoms with van der Waals surface area (Å²) in [6.07, 6.45) is 0. The van der Waals surface area contributed by atoms with Crippen LogP contribution in [0.2, 0.25) is 0 Å². The first-order valence-electron chi connectivity index (χ1n) is 3.07. The first-order valence-corrected chi connectivity index (χ1v) is 17.7. The van der Waals surface area contributed by atoms with Gasteiger partial charge in [0.2, 0.25) is 0 Å². The molecule has 0 bridgehead atoms. The Hall–Kier alpha value is 0.285. The van der Waals surface area contributed by atoms with Crippen LogP contribution in [0, 0.1) is 29.1 Å². The van der Waals surface area contributed by atoms with Crippen LogP contribution in [0.1, 0.15) is 0 Å². The van der Waals surface area contributed by atoms with Crippen molar-refractivity contribution in [2.24, 2.45) is 0 Å². The zero-order chi connectivity index (χ0) is 10.2. The molecule has 0 radical (unpaired) electrons. The van der Waals surface area contributed by atoms with Gasteiger partial charge in [-0.05, 0) is 0 Å². The van der Waals surface area contributed by atoms with E-state index in [1.54, 1.807) is 0 Å². The van der Waals surface area contributed by atoms with Crippen molar-refractivity contribution in [3.05, 3.63) is 29.1 Å². The SMILES string of the molecule is Fc1c(F)c(F)[c]([Hg][Br])c(F)c1F. The van der Waals surface area contributed by atoms with Crippen LogP contribution in [0.5, 0.6) is 0 Å². The van der Waals surface area contributed by atoms with E-state index in [1.807, 2.05) is 0 Å². The second kappa shape index (κ2) is 4.21. The molecule has 0 unspecified atom stereocenters. The minimum atomic E-state index is -2.32. The third-order valence-corrected chi connectivity index (χ3v) is 9.81. The zero-order valence-corrected chi connectivity index (χ0v) is 13.1. The molecule has 0 spiro atoms. The second-order valence-electron chi connectivity index (χ2n) is 2.18. The fraction of sp³-hybridized carbons (Fsp3) is 0. The molecule has 0 saturated carbocycles. The molecular formula is C6BrF5Hg. The van der Waals surface area contributed by atoms with E-state index in [-0.39, 0.29) is 0 Å². The Kier molecular flexibility index (Phi) is 3.68. The summed E-state index contributed by atoms with van der Waals surface area (Å²) >= 11 is 0.522. The van der Waals surface area contributed by atoms with Gasteiger partial charge in [0.1, 0.15) is 0 Å². The van der Waals surface area contributed by atoms with Gasteiger partial charge in [0.05, 0.1) is 0 Å². The first kappa shape index (κ1) is 11.4. The number of rotatable bonds is 1. The molecule has 1 aromatic carbocycles. The first-order chi connectivity index (χ1) is 6.00. The average Bonchev–Trinajstić information content (AvgIpc) is 2.13. The molecule has 0 N–H and O–H groups in total. The molecule has 0 aliphatic heterocycles. The molecule has 1 aromatic rings. The topological polar surface area (TPSA) is 0 Å². The molecule has 7 heteroatoms. The summed E-state index contributed by atoms with van der Waals surface area (Å²) in [5.41, 5.74) is 0. The van der Waals surface area contributed by atoms with Crippen LogP contribution in [0.25, 0.3) is 0 Å². The van der Waals surface area contributed by atoms with Crippen molar-refractivity contribution in [2.45, 2.75) is 0 Å². The quantitative estimate of drug-likeness (QED) is 0.269. The Bertz CT molecular complexity index is 324. The van der Waals surface area contributed by atoms with E-state index in [0.29, 0.717) is 0 Å². The van der Waals surface area contributed by atoms with Crippen molar-refractivity contribution in [2.75, 3.05) is 0 Å². The third-order valence-electron chi connectivity index (χ3n) is 1.43. The van der Waals surface area contributed by atoms with Crippen LogP contribution in [0.4, 0.5) is 22.0 Å². The minimum absolute atomic E-state index is 0.642. The molecule has 0 aliphatic rings. The standard InChI is InChI=1S/C6F5.BrH.Hg/c7-2-1-3(8)5(10)6(11)4(2)9;;/h;1H;/q;;+1/p-1. The number of benzene rings is 1. The summed E-state index contributed by atoms with van der Waals surface area (Å²) in [4.78, 5) is 0. The second-order valence-corrected chi connectivity index (χ2v) is 10.9. The maximum atomic E-state index is 12.7. The van der Waals surface area contributed by atoms with Crippen LogP contribution in [0.3, 0.4) is 0 Å². The van der Waals surface area contributed by atoms with E-state index >= 15 is 0 Å². The molecule has 68 valence electrons. The van der Waals surface area contributed by atoms with Gasteiger partial charge in [-0.1, -0.05) is 0 Å². The van der Waals surface area contributed by atoms with Crippen molar-refractivity contribution in [3.63, 3.8) is 0 Å². The van der Waals surface area contributed by atoms with Crippen molar-refractivity contribution in [1.82, 2.24) is 0 Å². The van der Waals surface area contributed by atoms with Crippen molar-refractivity contribution >= 4 is 15.0 Å². The zero-order valence-electron chi connectivity index (χ0n) is 5.97. The van der Waals surface area contributed by atoms with Crippen LogP contribution in [0.15, 0.2) is 0 Å². The average molecular weight is 448 g/mol. The van der Waals surface area contributed by atoms with Crippen molar-refractivity contribution in [3.8, 4) is 0 Å². The molecule has 0 heterocycles. The molecule has 0 aromatic heterocycles. The van der Waals surface area contributed by atoms with Gasteiger partial charge >= 0.3 is 88.2 Å². The van der Waals surface area contributed by atoms with E-state index in [9.17, 15) is 22.0 Å². The van der Waals surface area contributed by atoms with Gasteiger partial charge in [0, 0.05) is 0 Å². The maximum absolute atomic E-state index is 12.7. The summed E-state index contributed by atoms with van der Waals surface area (Å²) in [6, 6.07) is 0. The number of hydrogen-bond donors (Lipinski definition) is 0. The van der Waals surface area contributed by atoms with Gasteiger partial charge < -0.3 is 0 Å². The van der Waals surface area contributed by atoms with Crippen molar-refractivity contribution < 1.29 is 44.1 Å². The van der Waals surface area contributed by atoms with Gasteiger partial charge in [-0.25, -0.2) is 0 Å². The molecular weight excluding hydrogens is 448 g/mol. The van der Waals surface area contributed by atoms with Crippen LogP contribution in [-0.4, -0.2) is 0 Å². The molecule has 0 saturated heterocycles. The molecule has 1 rings (SSSR count). The monoisotopic (exact) mass is 448 g/mol. The Morgan fingerprint density at radius 2 is 1.00 bits per heavy atom. The van der Waals surface area contributed by atoms with Crippen LogP contribution >= 0.6 is 11.9 Å². The third kappa shape index (κ3) is 1.88. The molecule has 0 nitrogen and oxygen atoms in total. The normalized spacial score (nSPS) is 10.0. The van der Waals surface area contributed by atoms with Gasteiger partial charge in [-0.15, -0.1) is 0 Å². The van der Waals surface area contributed by atoms with E-state index in [2.05, 4.69) is 11.9 Å². The van der Waals surface area contributed by atoms with Gasteiger partial charge in [0.15, 0.2) is 0 Å². The Morgan fingerprint density at radius 3 is 1.31 bits per heavy atom. The predicted molar refractivity (Wildman–Crippen MR) is 34.8 cm³/mol. The predicted octanol–water partition coefficient (Wildman–Crippen LogP) is 2.40. The molecule has 0 fully saturated rings.